The summed E-state index contributed by atoms with van der Waals surface area (Å²) in [4.78, 5) is 0. The first-order valence-electron chi connectivity index (χ1n) is 4.74. The van der Waals surface area contributed by atoms with E-state index in [1.54, 1.807) is 0 Å². The maximum absolute atomic E-state index is 9.76. The third-order valence-corrected chi connectivity index (χ3v) is 2.76. The zero-order chi connectivity index (χ0) is 9.42. The number of phenols is 1. The first kappa shape index (κ1) is 11.3. The lowest BCUT2D eigenvalue weighted by atomic mass is 10.00. The first-order chi connectivity index (χ1) is 6.20. The molecule has 2 nitrogen and oxygen atoms in total. The van der Waals surface area contributed by atoms with E-state index in [-0.39, 0.29) is 18.4 Å². The van der Waals surface area contributed by atoms with Crippen molar-refractivity contribution >= 4 is 12.4 Å². The van der Waals surface area contributed by atoms with E-state index < -0.39 is 0 Å². The molecule has 1 aromatic carbocycles. The maximum Gasteiger partial charge on any atom is 0.123 e. The average molecular weight is 214 g/mol. The van der Waals surface area contributed by atoms with Gasteiger partial charge in [-0.25, -0.2) is 0 Å². The van der Waals surface area contributed by atoms with Crippen LogP contribution in [0.5, 0.6) is 5.75 Å². The van der Waals surface area contributed by atoms with Crippen LogP contribution in [0.15, 0.2) is 18.2 Å². The summed E-state index contributed by atoms with van der Waals surface area (Å²) in [6.07, 6.45) is 2.41. The second kappa shape index (κ2) is 4.20. The van der Waals surface area contributed by atoms with Gasteiger partial charge < -0.3 is 10.8 Å². The van der Waals surface area contributed by atoms with Crippen molar-refractivity contribution in [3.05, 3.63) is 29.3 Å². The summed E-state index contributed by atoms with van der Waals surface area (Å²) in [5.74, 6) is 0.967. The van der Waals surface area contributed by atoms with Crippen LogP contribution in [0.25, 0.3) is 0 Å². The van der Waals surface area contributed by atoms with Gasteiger partial charge in [-0.1, -0.05) is 18.2 Å². The van der Waals surface area contributed by atoms with Crippen LogP contribution in [0, 0.1) is 12.8 Å². The monoisotopic (exact) mass is 213 g/mol. The Morgan fingerprint density at radius 3 is 2.64 bits per heavy atom. The Kier molecular flexibility index (Phi) is 3.40. The summed E-state index contributed by atoms with van der Waals surface area (Å²) >= 11 is 0. The zero-order valence-electron chi connectivity index (χ0n) is 8.23. The predicted octanol–water partition coefficient (Wildman–Crippen LogP) is 2.53. The Hall–Kier alpha value is -0.730. The van der Waals surface area contributed by atoms with Crippen LogP contribution in [-0.2, 0) is 0 Å². The fraction of sp³-hybridized carbons (Fsp3) is 0.455. The van der Waals surface area contributed by atoms with E-state index in [9.17, 15) is 5.11 Å². The number of hydrogen-bond donors (Lipinski definition) is 2. The van der Waals surface area contributed by atoms with Crippen molar-refractivity contribution in [1.82, 2.24) is 0 Å². The van der Waals surface area contributed by atoms with Gasteiger partial charge in [0.2, 0.25) is 0 Å². The van der Waals surface area contributed by atoms with Gasteiger partial charge in [-0.2, -0.15) is 0 Å². The number of nitrogens with two attached hydrogens (primary N) is 1. The Bertz CT molecular complexity index is 323. The van der Waals surface area contributed by atoms with Gasteiger partial charge in [-0.3, -0.25) is 0 Å². The lowest BCUT2D eigenvalue weighted by Gasteiger charge is -2.13. The molecule has 78 valence electrons. The van der Waals surface area contributed by atoms with E-state index in [4.69, 9.17) is 5.73 Å². The molecule has 0 saturated heterocycles. The smallest absolute Gasteiger partial charge is 0.123 e. The Labute approximate surface area is 90.5 Å². The van der Waals surface area contributed by atoms with E-state index in [1.807, 2.05) is 25.1 Å². The van der Waals surface area contributed by atoms with E-state index >= 15 is 0 Å². The van der Waals surface area contributed by atoms with Crippen LogP contribution in [0.1, 0.15) is 30.0 Å². The molecule has 2 rings (SSSR count). The lowest BCUT2D eigenvalue weighted by Crippen LogP contribution is -2.12. The molecule has 3 heteroatoms. The molecule has 14 heavy (non-hydrogen) atoms. The molecule has 1 aliphatic rings. The van der Waals surface area contributed by atoms with Crippen LogP contribution in [0.2, 0.25) is 0 Å². The van der Waals surface area contributed by atoms with Crippen LogP contribution in [0.3, 0.4) is 0 Å². The highest BCUT2D eigenvalue weighted by Gasteiger charge is 2.30. The van der Waals surface area contributed by atoms with Crippen molar-refractivity contribution in [3.63, 3.8) is 0 Å². The molecule has 1 aliphatic carbocycles. The van der Waals surface area contributed by atoms with Gasteiger partial charge in [-0.05, 0) is 31.2 Å². The highest BCUT2D eigenvalue weighted by atomic mass is 35.5. The van der Waals surface area contributed by atoms with E-state index in [2.05, 4.69) is 0 Å². The minimum atomic E-state index is 0. The summed E-state index contributed by atoms with van der Waals surface area (Å²) in [6.45, 7) is 1.90. The predicted molar refractivity (Wildman–Crippen MR) is 59.7 cm³/mol. The number of halogens is 1. The quantitative estimate of drug-likeness (QED) is 0.793. The largest absolute Gasteiger partial charge is 0.507 e. The fourth-order valence-electron chi connectivity index (χ4n) is 1.66. The van der Waals surface area contributed by atoms with Crippen LogP contribution >= 0.6 is 12.4 Å². The lowest BCUT2D eigenvalue weighted by molar-refractivity contribution is 0.452. The van der Waals surface area contributed by atoms with Gasteiger partial charge >= 0.3 is 0 Å². The van der Waals surface area contributed by atoms with Gasteiger partial charge in [0.05, 0.1) is 0 Å². The molecule has 0 aromatic heterocycles. The van der Waals surface area contributed by atoms with Crippen LogP contribution in [0.4, 0.5) is 0 Å². The normalized spacial score (nSPS) is 17.3. The molecule has 0 aliphatic heterocycles. The molecule has 3 N–H and O–H groups in total. The molecule has 0 heterocycles. The molecule has 1 saturated carbocycles. The minimum absolute atomic E-state index is 0. The Morgan fingerprint density at radius 1 is 1.43 bits per heavy atom. The molecule has 1 atom stereocenters. The van der Waals surface area contributed by atoms with E-state index in [0.717, 1.165) is 11.1 Å². The topological polar surface area (TPSA) is 46.2 Å². The van der Waals surface area contributed by atoms with Gasteiger partial charge in [0.15, 0.2) is 0 Å². The molecule has 1 fully saturated rings. The standard InChI is InChI=1S/C11H15NO.ClH/c1-7-3-2-4-9(11(7)13)10(12)8-5-6-8;/h2-4,8,10,13H,5-6,12H2,1H3;1H/t10-;/m1./s1. The summed E-state index contributed by atoms with van der Waals surface area (Å²) in [7, 11) is 0. The van der Waals surface area contributed by atoms with E-state index in [0.29, 0.717) is 11.7 Å². The number of benzene rings is 1. The van der Waals surface area contributed by atoms with Crippen LogP contribution < -0.4 is 5.73 Å². The average Bonchev–Trinajstić information content (AvgIpc) is 2.91. The van der Waals surface area contributed by atoms with Crippen molar-refractivity contribution in [2.24, 2.45) is 11.7 Å². The summed E-state index contributed by atoms with van der Waals surface area (Å²) in [5.41, 5.74) is 7.83. The molecule has 0 bridgehead atoms. The highest BCUT2D eigenvalue weighted by molar-refractivity contribution is 5.85. The third kappa shape index (κ3) is 2.02. The van der Waals surface area contributed by atoms with Gasteiger partial charge in [0.1, 0.15) is 5.75 Å². The zero-order valence-corrected chi connectivity index (χ0v) is 9.05. The highest BCUT2D eigenvalue weighted by Crippen LogP contribution is 2.42. The van der Waals surface area contributed by atoms with Crippen molar-refractivity contribution < 1.29 is 5.11 Å². The number of phenolic OH excluding ortho intramolecular Hbond substituents is 1. The number of aryl methyl sites for hydroxylation is 1. The van der Waals surface area contributed by atoms with Crippen molar-refractivity contribution in [2.75, 3.05) is 0 Å². The number of rotatable bonds is 2. The number of para-hydroxylation sites is 1. The maximum atomic E-state index is 9.76. The Morgan fingerprint density at radius 2 is 2.07 bits per heavy atom. The summed E-state index contributed by atoms with van der Waals surface area (Å²) < 4.78 is 0. The molecule has 0 spiro atoms. The van der Waals surface area contributed by atoms with Crippen molar-refractivity contribution in [3.8, 4) is 5.75 Å². The molecular formula is C11H16ClNO. The second-order valence-corrected chi connectivity index (χ2v) is 3.88. The molecule has 0 unspecified atom stereocenters. The van der Waals surface area contributed by atoms with Crippen molar-refractivity contribution in [2.45, 2.75) is 25.8 Å². The summed E-state index contributed by atoms with van der Waals surface area (Å²) in [6, 6.07) is 5.80. The summed E-state index contributed by atoms with van der Waals surface area (Å²) in [5, 5.41) is 9.76. The van der Waals surface area contributed by atoms with Gasteiger partial charge in [-0.15, -0.1) is 12.4 Å². The molecule has 0 radical (unpaired) electrons. The second-order valence-electron chi connectivity index (χ2n) is 3.88. The first-order valence-corrected chi connectivity index (χ1v) is 4.74. The van der Waals surface area contributed by atoms with Gasteiger partial charge in [0.25, 0.3) is 0 Å². The van der Waals surface area contributed by atoms with Crippen molar-refractivity contribution in [1.29, 1.82) is 0 Å². The number of aromatic hydroxyl groups is 1. The Balaban J connectivity index is 0.000000980. The van der Waals surface area contributed by atoms with Crippen LogP contribution in [-0.4, -0.2) is 5.11 Å². The molecule has 1 aromatic rings. The molecule has 0 amide bonds. The van der Waals surface area contributed by atoms with E-state index in [1.165, 1.54) is 12.8 Å². The molecular weight excluding hydrogens is 198 g/mol. The van der Waals surface area contributed by atoms with Gasteiger partial charge in [0, 0.05) is 11.6 Å². The third-order valence-electron chi connectivity index (χ3n) is 2.76. The fourth-order valence-corrected chi connectivity index (χ4v) is 1.66. The minimum Gasteiger partial charge on any atom is -0.507 e. The number of hydrogen-bond acceptors (Lipinski definition) is 2. The SMILES string of the molecule is Cc1cccc([C@H](N)C2CC2)c1O.Cl.